The Labute approximate surface area is 110 Å². The van der Waals surface area contributed by atoms with Gasteiger partial charge in [0.1, 0.15) is 0 Å². The molecule has 0 atom stereocenters. The molecule has 0 unspecified atom stereocenters. The summed E-state index contributed by atoms with van der Waals surface area (Å²) in [6.45, 7) is 8.75. The quantitative estimate of drug-likeness (QED) is 0.213. The summed E-state index contributed by atoms with van der Waals surface area (Å²) in [5.41, 5.74) is 0.917. The topological polar surface area (TPSA) is 0 Å². The van der Waals surface area contributed by atoms with Gasteiger partial charge in [0.2, 0.25) is 0 Å². The summed E-state index contributed by atoms with van der Waals surface area (Å²) in [7, 11) is -12.4. The van der Waals surface area contributed by atoms with Crippen LogP contribution in [0.25, 0.3) is 0 Å². The van der Waals surface area contributed by atoms with E-state index >= 15 is 0 Å². The SMILES string of the molecule is FP(F)F.FP(F)F.FP(F)F.[CH2]C(=C)C.[Rh]. The van der Waals surface area contributed by atoms with E-state index in [0.717, 1.165) is 5.57 Å². The fourth-order valence-electron chi connectivity index (χ4n) is 0. The Hall–Kier alpha value is 1.02. The van der Waals surface area contributed by atoms with Gasteiger partial charge in [-0.1, -0.05) is 5.57 Å². The van der Waals surface area contributed by atoms with Gasteiger partial charge < -0.3 is 0 Å². The maximum Gasteiger partial charge on any atom is 0.456 e. The van der Waals surface area contributed by atoms with Crippen LogP contribution in [0, 0.1) is 6.92 Å². The van der Waals surface area contributed by atoms with Crippen molar-refractivity contribution < 1.29 is 57.3 Å². The zero-order chi connectivity index (χ0) is 14.3. The Balaban J connectivity index is -0.0000000369. The minimum atomic E-state index is -4.12. The first-order chi connectivity index (χ1) is 6.93. The largest absolute Gasteiger partial charge is 0.456 e. The molecule has 0 aliphatic heterocycles. The van der Waals surface area contributed by atoms with Crippen LogP contribution in [-0.2, 0) is 19.5 Å². The van der Waals surface area contributed by atoms with E-state index in [0.29, 0.717) is 0 Å². The van der Waals surface area contributed by atoms with Crippen molar-refractivity contribution in [1.29, 1.82) is 0 Å². The molecule has 0 saturated heterocycles. The van der Waals surface area contributed by atoms with Crippen LogP contribution in [0.15, 0.2) is 12.2 Å². The van der Waals surface area contributed by atoms with Gasteiger partial charge in [-0.3, -0.25) is 0 Å². The number of hydrogen-bond donors (Lipinski definition) is 0. The number of hydrogen-bond acceptors (Lipinski definition) is 0. The molecule has 0 N–H and O–H groups in total. The smallest absolute Gasteiger partial charge is 0.152 e. The first kappa shape index (κ1) is 30.8. The Morgan fingerprint density at radius 3 is 0.706 bits per heavy atom. The third-order valence-electron chi connectivity index (χ3n) is 0. The molecule has 0 nitrogen and oxygen atoms in total. The van der Waals surface area contributed by atoms with Crippen molar-refractivity contribution in [2.45, 2.75) is 6.92 Å². The molecular weight excluding hydrogens is 415 g/mol. The Kier molecular flexibility index (Phi) is 46.7. The van der Waals surface area contributed by atoms with Gasteiger partial charge in [-0.25, -0.2) is 0 Å². The summed E-state index contributed by atoms with van der Waals surface area (Å²) in [4.78, 5) is 0. The van der Waals surface area contributed by atoms with E-state index < -0.39 is 26.6 Å². The molecule has 0 rings (SSSR count). The summed E-state index contributed by atoms with van der Waals surface area (Å²) in [6, 6.07) is 0. The molecule has 0 aliphatic rings. The van der Waals surface area contributed by atoms with Crippen LogP contribution in [0.5, 0.6) is 0 Å². The fourth-order valence-corrected chi connectivity index (χ4v) is 0. The second kappa shape index (κ2) is 25.8. The summed E-state index contributed by atoms with van der Waals surface area (Å²) in [5, 5.41) is 0. The number of halogens is 9. The van der Waals surface area contributed by atoms with E-state index in [4.69, 9.17) is 0 Å². The molecule has 0 aromatic carbocycles. The van der Waals surface area contributed by atoms with Gasteiger partial charge >= 0.3 is 26.6 Å². The van der Waals surface area contributed by atoms with Crippen LogP contribution < -0.4 is 0 Å². The van der Waals surface area contributed by atoms with Crippen LogP contribution in [0.4, 0.5) is 37.8 Å². The molecule has 0 fully saturated rings. The summed E-state index contributed by atoms with van der Waals surface area (Å²) < 4.78 is 87.6. The van der Waals surface area contributed by atoms with Gasteiger partial charge in [-0.05, 0) is 13.8 Å². The normalized spacial score (nSPS) is 7.88. The molecule has 17 heavy (non-hydrogen) atoms. The van der Waals surface area contributed by atoms with E-state index in [-0.39, 0.29) is 19.5 Å². The Bertz CT molecular complexity index is 109. The van der Waals surface area contributed by atoms with Crippen LogP contribution in [0.2, 0.25) is 0 Å². The number of allylic oxidation sites excluding steroid dienone is 1. The van der Waals surface area contributed by atoms with Gasteiger partial charge in [-0.15, -0.1) is 6.58 Å². The molecule has 0 bridgehead atoms. The summed E-state index contributed by atoms with van der Waals surface area (Å²) in [5.74, 6) is 0. The average molecular weight is 422 g/mol. The molecule has 13 heteroatoms. The van der Waals surface area contributed by atoms with Crippen molar-refractivity contribution in [3.05, 3.63) is 19.1 Å². The minimum Gasteiger partial charge on any atom is -0.152 e. The molecule has 0 aromatic rings. The second-order valence-corrected chi connectivity index (χ2v) is 2.68. The van der Waals surface area contributed by atoms with E-state index in [1.165, 1.54) is 0 Å². The standard InChI is InChI=1S/C4H7.3F3P.Rh/c4*1-4(2)3;/h1-2H2,3H3;;;;. The summed E-state index contributed by atoms with van der Waals surface area (Å²) in [6.07, 6.45) is 0. The first-order valence-corrected chi connectivity index (χ1v) is 5.77. The average Bonchev–Trinajstić information content (AvgIpc) is 1.76. The van der Waals surface area contributed by atoms with E-state index in [1.807, 2.05) is 6.92 Å². The Morgan fingerprint density at radius 1 is 0.706 bits per heavy atom. The maximum absolute atomic E-state index is 9.73. The van der Waals surface area contributed by atoms with Crippen molar-refractivity contribution in [3.8, 4) is 0 Å². The number of rotatable bonds is 0. The zero-order valence-electron chi connectivity index (χ0n) is 7.99. The predicted octanol–water partition coefficient (Wildman–Crippen LogP) is 7.76. The van der Waals surface area contributed by atoms with Crippen molar-refractivity contribution >= 4 is 26.6 Å². The van der Waals surface area contributed by atoms with Crippen molar-refractivity contribution in [2.75, 3.05) is 0 Å². The van der Waals surface area contributed by atoms with Crippen LogP contribution in [-0.4, -0.2) is 0 Å². The molecule has 0 heterocycles. The van der Waals surface area contributed by atoms with E-state index in [1.54, 1.807) is 0 Å². The van der Waals surface area contributed by atoms with Gasteiger partial charge in [0, 0.05) is 19.5 Å². The van der Waals surface area contributed by atoms with Crippen molar-refractivity contribution in [3.63, 3.8) is 0 Å². The molecule has 0 aliphatic carbocycles. The van der Waals surface area contributed by atoms with Gasteiger partial charge in [-0.2, -0.15) is 37.8 Å². The monoisotopic (exact) mass is 422 g/mol. The third kappa shape index (κ3) is 3670. The molecule has 0 spiro atoms. The second-order valence-electron chi connectivity index (χ2n) is 1.53. The van der Waals surface area contributed by atoms with Gasteiger partial charge in [0.25, 0.3) is 0 Å². The molecule has 110 valence electrons. The van der Waals surface area contributed by atoms with E-state index in [2.05, 4.69) is 13.5 Å². The Morgan fingerprint density at radius 2 is 0.706 bits per heavy atom. The van der Waals surface area contributed by atoms with E-state index in [9.17, 15) is 37.8 Å². The predicted molar refractivity (Wildman–Crippen MR) is 50.9 cm³/mol. The first-order valence-electron chi connectivity index (χ1n) is 2.73. The molecule has 0 aromatic heterocycles. The molecular formula is C4H7F9P3Rh. The fraction of sp³-hybridized carbons (Fsp3) is 0.250. The minimum absolute atomic E-state index is 0. The third-order valence-corrected chi connectivity index (χ3v) is 0. The van der Waals surface area contributed by atoms with Gasteiger partial charge in [0.05, 0.1) is 0 Å². The maximum atomic E-state index is 9.73. The molecule has 0 saturated carbocycles. The molecule has 0 amide bonds. The van der Waals surface area contributed by atoms with Crippen molar-refractivity contribution in [2.24, 2.45) is 0 Å². The van der Waals surface area contributed by atoms with Crippen molar-refractivity contribution in [1.82, 2.24) is 0 Å². The van der Waals surface area contributed by atoms with Crippen LogP contribution in [0.3, 0.4) is 0 Å². The summed E-state index contributed by atoms with van der Waals surface area (Å²) >= 11 is 0. The van der Waals surface area contributed by atoms with Crippen LogP contribution >= 0.6 is 26.6 Å². The van der Waals surface area contributed by atoms with Gasteiger partial charge in [0.15, 0.2) is 0 Å². The zero-order valence-corrected chi connectivity index (χ0v) is 12.3. The van der Waals surface area contributed by atoms with Crippen LogP contribution in [0.1, 0.15) is 6.92 Å². The molecule has 2 radical (unpaired) electrons.